The Balaban J connectivity index is 1.75. The molecule has 6 heteroatoms. The third-order valence-corrected chi connectivity index (χ3v) is 3.98. The van der Waals surface area contributed by atoms with Crippen LogP contribution in [-0.2, 0) is 0 Å². The molecular weight excluding hydrogens is 271 g/mol. The van der Waals surface area contributed by atoms with E-state index in [1.54, 1.807) is 0 Å². The average molecular weight is 294 g/mol. The summed E-state index contributed by atoms with van der Waals surface area (Å²) in [5.74, 6) is -0.874. The SMILES string of the molecule is CC1CCCCN1CCCNC(=O)c1cc(F)cnc1N. The van der Waals surface area contributed by atoms with Crippen LogP contribution in [0.5, 0.6) is 0 Å². The van der Waals surface area contributed by atoms with Gasteiger partial charge in [-0.3, -0.25) is 4.79 Å². The van der Waals surface area contributed by atoms with Crippen LogP contribution in [0.1, 0.15) is 43.0 Å². The molecule has 1 amide bonds. The Morgan fingerprint density at radius 3 is 3.14 bits per heavy atom. The fraction of sp³-hybridized carbons (Fsp3) is 0.600. The van der Waals surface area contributed by atoms with Crippen molar-refractivity contribution in [1.29, 1.82) is 0 Å². The first-order valence-corrected chi connectivity index (χ1v) is 7.51. The van der Waals surface area contributed by atoms with Crippen molar-refractivity contribution in [3.63, 3.8) is 0 Å². The highest BCUT2D eigenvalue weighted by atomic mass is 19.1. The maximum absolute atomic E-state index is 13.1. The van der Waals surface area contributed by atoms with Crippen LogP contribution in [0.3, 0.4) is 0 Å². The minimum absolute atomic E-state index is 0.0542. The zero-order valence-corrected chi connectivity index (χ0v) is 12.4. The number of nitrogen functional groups attached to an aromatic ring is 1. The number of likely N-dealkylation sites (tertiary alicyclic amines) is 1. The van der Waals surface area contributed by atoms with E-state index in [2.05, 4.69) is 22.1 Å². The van der Waals surface area contributed by atoms with E-state index in [-0.39, 0.29) is 17.3 Å². The monoisotopic (exact) mass is 294 g/mol. The number of amides is 1. The minimum atomic E-state index is -0.559. The second-order valence-electron chi connectivity index (χ2n) is 5.58. The van der Waals surface area contributed by atoms with Crippen LogP contribution in [0.15, 0.2) is 12.3 Å². The van der Waals surface area contributed by atoms with E-state index in [0.717, 1.165) is 31.8 Å². The summed E-state index contributed by atoms with van der Waals surface area (Å²) < 4.78 is 13.1. The van der Waals surface area contributed by atoms with Crippen molar-refractivity contribution in [2.45, 2.75) is 38.6 Å². The van der Waals surface area contributed by atoms with Gasteiger partial charge in [-0.25, -0.2) is 9.37 Å². The normalized spacial score (nSPS) is 19.4. The zero-order chi connectivity index (χ0) is 15.2. The van der Waals surface area contributed by atoms with Gasteiger partial charge in [-0.1, -0.05) is 6.42 Å². The number of carbonyl (C=O) groups excluding carboxylic acids is 1. The Labute approximate surface area is 124 Å². The molecule has 0 aliphatic carbocycles. The molecule has 1 atom stereocenters. The molecule has 1 saturated heterocycles. The maximum atomic E-state index is 13.1. The number of nitrogens with zero attached hydrogens (tertiary/aromatic N) is 2. The van der Waals surface area contributed by atoms with E-state index >= 15 is 0 Å². The highest BCUT2D eigenvalue weighted by Gasteiger charge is 2.17. The molecule has 1 unspecified atom stereocenters. The van der Waals surface area contributed by atoms with Crippen LogP contribution in [0.4, 0.5) is 10.2 Å². The van der Waals surface area contributed by atoms with E-state index < -0.39 is 5.82 Å². The van der Waals surface area contributed by atoms with Crippen LogP contribution in [-0.4, -0.2) is 41.5 Å². The number of hydrogen-bond donors (Lipinski definition) is 2. The molecule has 2 heterocycles. The minimum Gasteiger partial charge on any atom is -0.383 e. The summed E-state index contributed by atoms with van der Waals surface area (Å²) in [6.07, 6.45) is 5.68. The van der Waals surface area contributed by atoms with Crippen molar-refractivity contribution in [3.8, 4) is 0 Å². The van der Waals surface area contributed by atoms with Crippen molar-refractivity contribution < 1.29 is 9.18 Å². The molecule has 5 nitrogen and oxygen atoms in total. The summed E-state index contributed by atoms with van der Waals surface area (Å²) in [5.41, 5.74) is 5.68. The Kier molecular flexibility index (Phi) is 5.50. The summed E-state index contributed by atoms with van der Waals surface area (Å²) in [5, 5.41) is 2.77. The molecular formula is C15H23FN4O. The lowest BCUT2D eigenvalue weighted by Gasteiger charge is -2.33. The van der Waals surface area contributed by atoms with Gasteiger partial charge in [0, 0.05) is 19.1 Å². The molecule has 116 valence electrons. The van der Waals surface area contributed by atoms with Gasteiger partial charge < -0.3 is 16.0 Å². The van der Waals surface area contributed by atoms with Gasteiger partial charge >= 0.3 is 0 Å². The van der Waals surface area contributed by atoms with E-state index in [1.807, 2.05) is 0 Å². The van der Waals surface area contributed by atoms with Crippen LogP contribution < -0.4 is 11.1 Å². The number of nitrogens with two attached hydrogens (primary N) is 1. The van der Waals surface area contributed by atoms with E-state index in [9.17, 15) is 9.18 Å². The number of anilines is 1. The highest BCUT2D eigenvalue weighted by molar-refractivity contribution is 5.98. The van der Waals surface area contributed by atoms with Crippen LogP contribution in [0.25, 0.3) is 0 Å². The molecule has 0 radical (unpaired) electrons. The van der Waals surface area contributed by atoms with Gasteiger partial charge in [-0.05, 0) is 38.8 Å². The van der Waals surface area contributed by atoms with Crippen molar-refractivity contribution >= 4 is 11.7 Å². The summed E-state index contributed by atoms with van der Waals surface area (Å²) in [7, 11) is 0. The average Bonchev–Trinajstić information content (AvgIpc) is 2.47. The Bertz CT molecular complexity index is 495. The van der Waals surface area contributed by atoms with Crippen molar-refractivity contribution in [3.05, 3.63) is 23.6 Å². The number of pyridine rings is 1. The fourth-order valence-electron chi connectivity index (χ4n) is 2.70. The summed E-state index contributed by atoms with van der Waals surface area (Å²) >= 11 is 0. The topological polar surface area (TPSA) is 71.2 Å². The molecule has 21 heavy (non-hydrogen) atoms. The number of piperidine rings is 1. The first-order valence-electron chi connectivity index (χ1n) is 7.51. The molecule has 0 saturated carbocycles. The van der Waals surface area contributed by atoms with Gasteiger partial charge in [-0.15, -0.1) is 0 Å². The predicted molar refractivity (Wildman–Crippen MR) is 80.4 cm³/mol. The molecule has 0 bridgehead atoms. The summed E-state index contributed by atoms with van der Waals surface area (Å²) in [4.78, 5) is 18.0. The fourth-order valence-corrected chi connectivity index (χ4v) is 2.70. The van der Waals surface area contributed by atoms with Gasteiger partial charge in [0.2, 0.25) is 0 Å². The van der Waals surface area contributed by atoms with Crippen LogP contribution in [0.2, 0.25) is 0 Å². The van der Waals surface area contributed by atoms with Gasteiger partial charge in [0.15, 0.2) is 0 Å². The molecule has 3 N–H and O–H groups in total. The Hall–Kier alpha value is -1.69. The predicted octanol–water partition coefficient (Wildman–Crippen LogP) is 1.80. The van der Waals surface area contributed by atoms with Gasteiger partial charge in [0.25, 0.3) is 5.91 Å². The van der Waals surface area contributed by atoms with E-state index in [0.29, 0.717) is 12.6 Å². The standard InChI is InChI=1S/C15H23FN4O/c1-11-5-2-3-7-20(11)8-4-6-18-15(21)13-9-12(16)10-19-14(13)17/h9-11H,2-8H2,1H3,(H2,17,19)(H,18,21). The van der Waals surface area contributed by atoms with Crippen LogP contribution in [0, 0.1) is 5.82 Å². The number of halogens is 1. The molecule has 1 aromatic heterocycles. The number of nitrogens with one attached hydrogen (secondary N) is 1. The van der Waals surface area contributed by atoms with Gasteiger partial charge in [0.1, 0.15) is 11.6 Å². The zero-order valence-electron chi connectivity index (χ0n) is 12.4. The first-order chi connectivity index (χ1) is 10.1. The molecule has 0 aromatic carbocycles. The second-order valence-corrected chi connectivity index (χ2v) is 5.58. The molecule has 2 rings (SSSR count). The van der Waals surface area contributed by atoms with E-state index in [4.69, 9.17) is 5.73 Å². The molecule has 0 spiro atoms. The smallest absolute Gasteiger partial charge is 0.255 e. The molecule has 1 aliphatic heterocycles. The lowest BCUT2D eigenvalue weighted by atomic mass is 10.0. The second kappa shape index (κ2) is 7.36. The van der Waals surface area contributed by atoms with Crippen LogP contribution >= 0.6 is 0 Å². The number of hydrogen-bond acceptors (Lipinski definition) is 4. The molecule has 1 aliphatic rings. The maximum Gasteiger partial charge on any atom is 0.255 e. The molecule has 1 fully saturated rings. The summed E-state index contributed by atoms with van der Waals surface area (Å²) in [6, 6.07) is 1.74. The highest BCUT2D eigenvalue weighted by Crippen LogP contribution is 2.16. The van der Waals surface area contributed by atoms with Crippen molar-refractivity contribution in [1.82, 2.24) is 15.2 Å². The quantitative estimate of drug-likeness (QED) is 0.812. The number of carbonyl (C=O) groups is 1. The number of aromatic nitrogens is 1. The summed E-state index contributed by atoms with van der Waals surface area (Å²) in [6.45, 7) is 4.91. The molecule has 1 aromatic rings. The van der Waals surface area contributed by atoms with E-state index in [1.165, 1.54) is 19.3 Å². The largest absolute Gasteiger partial charge is 0.383 e. The lowest BCUT2D eigenvalue weighted by molar-refractivity contribution is 0.0949. The van der Waals surface area contributed by atoms with Crippen molar-refractivity contribution in [2.24, 2.45) is 0 Å². The van der Waals surface area contributed by atoms with Gasteiger partial charge in [0.05, 0.1) is 11.8 Å². The Morgan fingerprint density at radius 1 is 1.57 bits per heavy atom. The third-order valence-electron chi connectivity index (χ3n) is 3.98. The Morgan fingerprint density at radius 2 is 2.38 bits per heavy atom. The number of rotatable bonds is 5. The first kappa shape index (κ1) is 15.7. The lowest BCUT2D eigenvalue weighted by Crippen LogP contribution is -2.39. The third kappa shape index (κ3) is 4.39. The van der Waals surface area contributed by atoms with Gasteiger partial charge in [-0.2, -0.15) is 0 Å². The van der Waals surface area contributed by atoms with Crippen molar-refractivity contribution in [2.75, 3.05) is 25.4 Å².